The van der Waals surface area contributed by atoms with E-state index < -0.39 is 40.5 Å². The largest absolute Gasteiger partial charge is 0.478 e. The maximum atomic E-state index is 13.4. The van der Waals surface area contributed by atoms with Crippen molar-refractivity contribution >= 4 is 17.8 Å². The highest BCUT2D eigenvalue weighted by molar-refractivity contribution is 5.97. The van der Waals surface area contributed by atoms with E-state index in [-0.39, 0.29) is 28.6 Å². The van der Waals surface area contributed by atoms with Crippen LogP contribution in [0.1, 0.15) is 48.0 Å². The minimum atomic E-state index is -1.76. The molecule has 0 saturated carbocycles. The van der Waals surface area contributed by atoms with Gasteiger partial charge in [-0.3, -0.25) is 24.6 Å². The molecule has 1 aliphatic heterocycles. The SMILES string of the molecule is CC(C)NC1=CCC=C(C2=CC(C(=O)O)=CC(C)([N+](=O)[O-])C=C2)N(CC(=O)OC(C)(C)C)C1=O. The predicted molar refractivity (Wildman–Crippen MR) is 125 cm³/mol. The third kappa shape index (κ3) is 6.66. The van der Waals surface area contributed by atoms with E-state index in [2.05, 4.69) is 5.32 Å². The number of nitrogens with zero attached hydrogens (tertiary/aromatic N) is 2. The van der Waals surface area contributed by atoms with Gasteiger partial charge in [0.25, 0.3) is 11.4 Å². The number of ether oxygens (including phenoxy) is 1. The molecule has 0 aromatic heterocycles. The number of rotatable bonds is 7. The summed E-state index contributed by atoms with van der Waals surface area (Å²) in [6, 6.07) is -0.0561. The van der Waals surface area contributed by atoms with Crippen molar-refractivity contribution in [1.82, 2.24) is 10.2 Å². The predicted octanol–water partition coefficient (Wildman–Crippen LogP) is 2.87. The summed E-state index contributed by atoms with van der Waals surface area (Å²) in [5.74, 6) is -2.51. The zero-order valence-electron chi connectivity index (χ0n) is 20.2. The van der Waals surface area contributed by atoms with Crippen LogP contribution in [0.5, 0.6) is 0 Å². The molecule has 0 aromatic rings. The summed E-state index contributed by atoms with van der Waals surface area (Å²) in [6.07, 6.45) is 8.62. The summed E-state index contributed by atoms with van der Waals surface area (Å²) in [5.41, 5.74) is -2.06. The Kier molecular flexibility index (Phi) is 7.86. The Bertz CT molecular complexity index is 1040. The van der Waals surface area contributed by atoms with Gasteiger partial charge in [-0.2, -0.15) is 0 Å². The number of carbonyl (C=O) groups excluding carboxylic acids is 2. The van der Waals surface area contributed by atoms with Crippen molar-refractivity contribution in [1.29, 1.82) is 0 Å². The van der Waals surface area contributed by atoms with E-state index in [0.717, 1.165) is 6.08 Å². The smallest absolute Gasteiger partial charge is 0.335 e. The van der Waals surface area contributed by atoms with Crippen molar-refractivity contribution in [2.24, 2.45) is 0 Å². The van der Waals surface area contributed by atoms with Crippen LogP contribution < -0.4 is 5.32 Å². The van der Waals surface area contributed by atoms with Gasteiger partial charge >= 0.3 is 11.9 Å². The fourth-order valence-corrected chi connectivity index (χ4v) is 3.38. The zero-order chi connectivity index (χ0) is 25.8. The van der Waals surface area contributed by atoms with Crippen LogP contribution in [0.2, 0.25) is 0 Å². The number of hydrogen-bond acceptors (Lipinski definition) is 7. The molecule has 0 spiro atoms. The first-order valence-electron chi connectivity index (χ1n) is 10.9. The average molecular weight is 474 g/mol. The Morgan fingerprint density at radius 3 is 2.50 bits per heavy atom. The lowest BCUT2D eigenvalue weighted by molar-refractivity contribution is -0.535. The number of nitro groups is 1. The second kappa shape index (κ2) is 10.1. The first-order chi connectivity index (χ1) is 15.6. The summed E-state index contributed by atoms with van der Waals surface area (Å²) in [5, 5.41) is 24.3. The molecule has 1 aliphatic carbocycles. The lowest BCUT2D eigenvalue weighted by atomic mass is 10.0. The third-order valence-corrected chi connectivity index (χ3v) is 4.85. The van der Waals surface area contributed by atoms with E-state index in [1.807, 2.05) is 13.8 Å². The molecule has 0 radical (unpaired) electrons. The van der Waals surface area contributed by atoms with Crippen molar-refractivity contribution in [2.45, 2.75) is 65.1 Å². The Labute approximate surface area is 198 Å². The lowest BCUT2D eigenvalue weighted by Gasteiger charge is -2.28. The first kappa shape index (κ1) is 26.6. The standard InChI is InChI=1S/C24H31N3O7/c1-15(2)25-18-8-7-9-19(26(21(18)29)14-20(28)34-23(3,4)5)16-10-11-24(6,27(32)33)13-17(12-16)22(30)31/h8-13,15,25H,7,14H2,1-6H3,(H,30,31). The Hall–Kier alpha value is -3.69. The number of carboxylic acids is 1. The van der Waals surface area contributed by atoms with Crippen LogP contribution in [0.3, 0.4) is 0 Å². The van der Waals surface area contributed by atoms with Gasteiger partial charge in [-0.15, -0.1) is 0 Å². The summed E-state index contributed by atoms with van der Waals surface area (Å²) in [4.78, 5) is 50.1. The molecule has 2 N–H and O–H groups in total. The number of aliphatic carboxylic acids is 1. The third-order valence-electron chi connectivity index (χ3n) is 4.85. The molecule has 1 atom stereocenters. The van der Waals surface area contributed by atoms with Crippen LogP contribution in [-0.2, 0) is 19.1 Å². The molecule has 0 saturated heterocycles. The molecule has 10 nitrogen and oxygen atoms in total. The van der Waals surface area contributed by atoms with Crippen molar-refractivity contribution < 1.29 is 29.2 Å². The summed E-state index contributed by atoms with van der Waals surface area (Å²) >= 11 is 0. The number of allylic oxidation sites excluding steroid dienone is 3. The Morgan fingerprint density at radius 2 is 1.97 bits per heavy atom. The van der Waals surface area contributed by atoms with E-state index in [0.29, 0.717) is 6.42 Å². The van der Waals surface area contributed by atoms with Crippen molar-refractivity contribution in [2.75, 3.05) is 6.54 Å². The van der Waals surface area contributed by atoms with Crippen LogP contribution in [0.4, 0.5) is 0 Å². The highest BCUT2D eigenvalue weighted by Crippen LogP contribution is 2.29. The number of hydrogen-bond donors (Lipinski definition) is 2. The Morgan fingerprint density at radius 1 is 1.32 bits per heavy atom. The van der Waals surface area contributed by atoms with Gasteiger partial charge in [-0.05, 0) is 64.8 Å². The quantitative estimate of drug-likeness (QED) is 0.327. The molecule has 2 aliphatic rings. The van der Waals surface area contributed by atoms with Gasteiger partial charge < -0.3 is 15.2 Å². The first-order valence-corrected chi connectivity index (χ1v) is 10.9. The molecule has 0 aromatic carbocycles. The molecule has 1 amide bonds. The maximum absolute atomic E-state index is 13.4. The summed E-state index contributed by atoms with van der Waals surface area (Å²) < 4.78 is 5.40. The van der Waals surface area contributed by atoms with Gasteiger partial charge in [0.05, 0.1) is 11.3 Å². The van der Waals surface area contributed by atoms with Crippen LogP contribution in [0.15, 0.2) is 59.0 Å². The van der Waals surface area contributed by atoms with Gasteiger partial charge in [0, 0.05) is 29.7 Å². The minimum absolute atomic E-state index is 0.0561. The monoisotopic (exact) mass is 473 g/mol. The van der Waals surface area contributed by atoms with Crippen LogP contribution in [-0.4, -0.2) is 56.5 Å². The molecular formula is C24H31N3O7. The molecule has 1 heterocycles. The maximum Gasteiger partial charge on any atom is 0.335 e. The van der Waals surface area contributed by atoms with Gasteiger partial charge in [0.2, 0.25) is 0 Å². The van der Waals surface area contributed by atoms with Crippen molar-refractivity contribution in [3.05, 3.63) is 69.1 Å². The number of amides is 1. The molecule has 1 unspecified atom stereocenters. The second-order valence-corrected chi connectivity index (χ2v) is 9.54. The van der Waals surface area contributed by atoms with Crippen molar-refractivity contribution in [3.63, 3.8) is 0 Å². The van der Waals surface area contributed by atoms with Crippen LogP contribution in [0.25, 0.3) is 0 Å². The van der Waals surface area contributed by atoms with E-state index in [9.17, 15) is 29.6 Å². The molecule has 2 rings (SSSR count). The minimum Gasteiger partial charge on any atom is -0.478 e. The molecule has 10 heteroatoms. The topological polar surface area (TPSA) is 139 Å². The van der Waals surface area contributed by atoms with E-state index in [1.165, 1.54) is 30.1 Å². The Balaban J connectivity index is 2.57. The molecule has 184 valence electrons. The lowest BCUT2D eigenvalue weighted by Crippen LogP contribution is -2.42. The summed E-state index contributed by atoms with van der Waals surface area (Å²) in [7, 11) is 0. The average Bonchev–Trinajstić information content (AvgIpc) is 2.95. The second-order valence-electron chi connectivity index (χ2n) is 9.54. The van der Waals surface area contributed by atoms with E-state index in [1.54, 1.807) is 32.9 Å². The van der Waals surface area contributed by atoms with Gasteiger partial charge in [-0.25, -0.2) is 4.79 Å². The normalized spacial score (nSPS) is 21.0. The van der Waals surface area contributed by atoms with Crippen LogP contribution in [0, 0.1) is 10.1 Å². The molecular weight excluding hydrogens is 442 g/mol. The molecule has 34 heavy (non-hydrogen) atoms. The van der Waals surface area contributed by atoms with Gasteiger partial charge in [0.1, 0.15) is 12.1 Å². The fourth-order valence-electron chi connectivity index (χ4n) is 3.38. The highest BCUT2D eigenvalue weighted by atomic mass is 16.6. The molecule has 0 bridgehead atoms. The van der Waals surface area contributed by atoms with Gasteiger partial charge in [-0.1, -0.05) is 12.2 Å². The number of carbonyl (C=O) groups is 3. The summed E-state index contributed by atoms with van der Waals surface area (Å²) in [6.45, 7) is 9.70. The number of esters is 1. The van der Waals surface area contributed by atoms with Crippen molar-refractivity contribution in [3.8, 4) is 0 Å². The van der Waals surface area contributed by atoms with E-state index >= 15 is 0 Å². The highest BCUT2D eigenvalue weighted by Gasteiger charge is 2.36. The number of nitrogens with one attached hydrogen (secondary N) is 1. The van der Waals surface area contributed by atoms with E-state index in [4.69, 9.17) is 4.74 Å². The molecule has 0 fully saturated rings. The zero-order valence-corrected chi connectivity index (χ0v) is 20.2. The number of carboxylic acid groups (broad SMARTS) is 1. The fraction of sp³-hybridized carbons (Fsp3) is 0.458. The van der Waals surface area contributed by atoms with Crippen LogP contribution >= 0.6 is 0 Å². The van der Waals surface area contributed by atoms with Gasteiger partial charge in [0.15, 0.2) is 0 Å².